The van der Waals surface area contributed by atoms with Crippen molar-refractivity contribution in [3.05, 3.63) is 48.0 Å². The minimum absolute atomic E-state index is 0.000374. The summed E-state index contributed by atoms with van der Waals surface area (Å²) in [5.74, 6) is -1.06. The predicted octanol–water partition coefficient (Wildman–Crippen LogP) is 3.61. The van der Waals surface area contributed by atoms with E-state index in [0.717, 1.165) is 17.6 Å². The van der Waals surface area contributed by atoms with Crippen LogP contribution in [-0.4, -0.2) is 23.5 Å². The lowest BCUT2D eigenvalue weighted by atomic mass is 9.95. The quantitative estimate of drug-likeness (QED) is 0.634. The average Bonchev–Trinajstić information content (AvgIpc) is 2.51. The summed E-state index contributed by atoms with van der Waals surface area (Å²) in [6.45, 7) is 6.82. The highest BCUT2D eigenvalue weighted by Crippen LogP contribution is 2.15. The molecule has 1 N–H and O–H groups in total. The molecular weight excluding hydrogens is 280 g/mol. The molecule has 120 valence electrons. The van der Waals surface area contributed by atoms with Crippen molar-refractivity contribution in [1.29, 1.82) is 0 Å². The molecular formula is C18H24O4. The number of ketones is 1. The van der Waals surface area contributed by atoms with Gasteiger partial charge in [-0.1, -0.05) is 49.4 Å². The third kappa shape index (κ3) is 7.74. The van der Waals surface area contributed by atoms with Crippen molar-refractivity contribution in [2.75, 3.05) is 6.61 Å². The minimum atomic E-state index is -0.931. The molecule has 0 aliphatic heterocycles. The fraction of sp³-hybridized carbons (Fsp3) is 0.444. The van der Waals surface area contributed by atoms with Crippen LogP contribution in [0.2, 0.25) is 0 Å². The second-order valence-corrected chi connectivity index (χ2v) is 5.53. The Balaban J connectivity index is 2.17. The van der Waals surface area contributed by atoms with Gasteiger partial charge >= 0.3 is 5.97 Å². The molecule has 4 heteroatoms. The Bertz CT molecular complexity index is 493. The molecule has 4 nitrogen and oxygen atoms in total. The Morgan fingerprint density at radius 1 is 1.18 bits per heavy atom. The lowest BCUT2D eigenvalue weighted by Gasteiger charge is -2.11. The van der Waals surface area contributed by atoms with Gasteiger partial charge in [0.15, 0.2) is 0 Å². The van der Waals surface area contributed by atoms with Crippen molar-refractivity contribution >= 4 is 11.8 Å². The van der Waals surface area contributed by atoms with E-state index in [1.165, 1.54) is 0 Å². The van der Waals surface area contributed by atoms with E-state index in [1.54, 1.807) is 0 Å². The van der Waals surface area contributed by atoms with Crippen LogP contribution >= 0.6 is 0 Å². The van der Waals surface area contributed by atoms with Crippen molar-refractivity contribution in [1.82, 2.24) is 0 Å². The molecule has 0 spiro atoms. The second-order valence-electron chi connectivity index (χ2n) is 5.53. The molecule has 1 aromatic rings. The lowest BCUT2D eigenvalue weighted by molar-refractivity contribution is -0.139. The van der Waals surface area contributed by atoms with E-state index in [2.05, 4.69) is 6.58 Å². The van der Waals surface area contributed by atoms with Crippen LogP contribution in [0.4, 0.5) is 0 Å². The van der Waals surface area contributed by atoms with Crippen LogP contribution < -0.4 is 0 Å². The maximum absolute atomic E-state index is 11.7. The summed E-state index contributed by atoms with van der Waals surface area (Å²) in [5.41, 5.74) is 2.07. The highest BCUT2D eigenvalue weighted by molar-refractivity contribution is 5.84. The van der Waals surface area contributed by atoms with E-state index in [-0.39, 0.29) is 24.5 Å². The topological polar surface area (TPSA) is 63.6 Å². The van der Waals surface area contributed by atoms with Gasteiger partial charge in [0.05, 0.1) is 19.6 Å². The van der Waals surface area contributed by atoms with E-state index in [4.69, 9.17) is 9.84 Å². The molecule has 22 heavy (non-hydrogen) atoms. The molecule has 0 radical (unpaired) electrons. The fourth-order valence-corrected chi connectivity index (χ4v) is 2.02. The van der Waals surface area contributed by atoms with Gasteiger partial charge in [-0.25, -0.2) is 0 Å². The first-order chi connectivity index (χ1) is 10.5. The zero-order valence-electron chi connectivity index (χ0n) is 13.1. The summed E-state index contributed by atoms with van der Waals surface area (Å²) in [6, 6.07) is 9.92. The molecule has 1 rings (SSSR count). The van der Waals surface area contributed by atoms with Gasteiger partial charge in [0, 0.05) is 12.3 Å². The van der Waals surface area contributed by atoms with Gasteiger partial charge in [0.1, 0.15) is 5.78 Å². The number of carbonyl (C=O) groups is 2. The Kier molecular flexibility index (Phi) is 8.15. The van der Waals surface area contributed by atoms with Gasteiger partial charge < -0.3 is 9.84 Å². The van der Waals surface area contributed by atoms with Crippen molar-refractivity contribution in [2.45, 2.75) is 39.2 Å². The standard InChI is InChI=1S/C18H24O4/c1-14(12-22-13-16-6-4-3-5-7-16)8-9-15(2)17(19)10-11-18(20)21/h3-7,15H,1,8-13H2,2H3,(H,20,21). The van der Waals surface area contributed by atoms with Crippen LogP contribution in [0.3, 0.4) is 0 Å². The monoisotopic (exact) mass is 304 g/mol. The number of carboxylic acids is 1. The number of rotatable bonds is 11. The first-order valence-corrected chi connectivity index (χ1v) is 7.52. The molecule has 0 aromatic heterocycles. The smallest absolute Gasteiger partial charge is 0.303 e. The Hall–Kier alpha value is -1.94. The van der Waals surface area contributed by atoms with Crippen molar-refractivity contribution < 1.29 is 19.4 Å². The third-order valence-electron chi connectivity index (χ3n) is 3.48. The first-order valence-electron chi connectivity index (χ1n) is 7.52. The van der Waals surface area contributed by atoms with E-state index >= 15 is 0 Å². The SMILES string of the molecule is C=C(CCC(C)C(=O)CCC(=O)O)COCc1ccccc1. The average molecular weight is 304 g/mol. The fourth-order valence-electron chi connectivity index (χ4n) is 2.02. The Morgan fingerprint density at radius 3 is 2.50 bits per heavy atom. The number of Topliss-reactive ketones (excluding diaryl/α,β-unsaturated/α-hetero) is 1. The lowest BCUT2D eigenvalue weighted by Crippen LogP contribution is -2.13. The Morgan fingerprint density at radius 2 is 1.86 bits per heavy atom. The predicted molar refractivity (Wildman–Crippen MR) is 85.5 cm³/mol. The van der Waals surface area contributed by atoms with Gasteiger partial charge in [-0.3, -0.25) is 9.59 Å². The number of carbonyl (C=O) groups excluding carboxylic acids is 1. The molecule has 1 unspecified atom stereocenters. The van der Waals surface area contributed by atoms with Crippen LogP contribution in [0, 0.1) is 5.92 Å². The molecule has 0 aliphatic rings. The molecule has 0 heterocycles. The molecule has 0 bridgehead atoms. The van der Waals surface area contributed by atoms with E-state index in [9.17, 15) is 9.59 Å². The summed E-state index contributed by atoms with van der Waals surface area (Å²) in [4.78, 5) is 22.2. The third-order valence-corrected chi connectivity index (χ3v) is 3.48. The summed E-state index contributed by atoms with van der Waals surface area (Å²) in [5, 5.41) is 8.57. The van der Waals surface area contributed by atoms with Gasteiger partial charge in [0.2, 0.25) is 0 Å². The van der Waals surface area contributed by atoms with Gasteiger partial charge in [-0.2, -0.15) is 0 Å². The highest BCUT2D eigenvalue weighted by atomic mass is 16.5. The van der Waals surface area contributed by atoms with Crippen LogP contribution in [0.15, 0.2) is 42.5 Å². The Labute approximate surface area is 131 Å². The van der Waals surface area contributed by atoms with E-state index in [1.807, 2.05) is 37.3 Å². The maximum Gasteiger partial charge on any atom is 0.303 e. The van der Waals surface area contributed by atoms with Crippen molar-refractivity contribution in [2.24, 2.45) is 5.92 Å². The van der Waals surface area contributed by atoms with Crippen LogP contribution in [0.5, 0.6) is 0 Å². The number of benzene rings is 1. The molecule has 1 atom stereocenters. The maximum atomic E-state index is 11.7. The molecule has 0 aliphatic carbocycles. The molecule has 0 saturated carbocycles. The highest BCUT2D eigenvalue weighted by Gasteiger charge is 2.14. The molecule has 0 saturated heterocycles. The zero-order chi connectivity index (χ0) is 16.4. The minimum Gasteiger partial charge on any atom is -0.481 e. The summed E-state index contributed by atoms with van der Waals surface area (Å²) in [6.07, 6.45) is 1.42. The van der Waals surface area contributed by atoms with E-state index < -0.39 is 5.97 Å². The normalized spacial score (nSPS) is 11.9. The molecule has 1 aromatic carbocycles. The number of aliphatic carboxylic acids is 1. The van der Waals surface area contributed by atoms with Crippen LogP contribution in [-0.2, 0) is 20.9 Å². The van der Waals surface area contributed by atoms with Gasteiger partial charge in [-0.15, -0.1) is 0 Å². The number of hydrogen-bond donors (Lipinski definition) is 1. The second kappa shape index (κ2) is 9.90. The number of ether oxygens (including phenoxy) is 1. The summed E-state index contributed by atoms with van der Waals surface area (Å²) < 4.78 is 5.59. The zero-order valence-corrected chi connectivity index (χ0v) is 13.1. The largest absolute Gasteiger partial charge is 0.481 e. The van der Waals surface area contributed by atoms with E-state index in [0.29, 0.717) is 19.6 Å². The molecule has 0 fully saturated rings. The van der Waals surface area contributed by atoms with Gasteiger partial charge in [0.25, 0.3) is 0 Å². The van der Waals surface area contributed by atoms with Crippen LogP contribution in [0.1, 0.15) is 38.2 Å². The molecule has 0 amide bonds. The van der Waals surface area contributed by atoms with Crippen molar-refractivity contribution in [3.63, 3.8) is 0 Å². The van der Waals surface area contributed by atoms with Crippen LogP contribution in [0.25, 0.3) is 0 Å². The number of hydrogen-bond acceptors (Lipinski definition) is 3. The first kappa shape index (κ1) is 18.1. The summed E-state index contributed by atoms with van der Waals surface area (Å²) in [7, 11) is 0. The van der Waals surface area contributed by atoms with Gasteiger partial charge in [-0.05, 0) is 18.4 Å². The summed E-state index contributed by atoms with van der Waals surface area (Å²) >= 11 is 0. The number of carboxylic acid groups (broad SMARTS) is 1. The van der Waals surface area contributed by atoms with Crippen molar-refractivity contribution in [3.8, 4) is 0 Å².